The monoisotopic (exact) mass is 955 g/mol. The van der Waals surface area contributed by atoms with E-state index < -0.39 is 0 Å². The molecular weight excluding hydrogens is 931 g/mol. The van der Waals surface area contributed by atoms with Crippen molar-refractivity contribution in [3.63, 3.8) is 0 Å². The molecule has 2 aromatic heterocycles. The van der Waals surface area contributed by atoms with Crippen LogP contribution in [0.15, 0.2) is 128 Å². The van der Waals surface area contributed by atoms with Crippen LogP contribution < -0.4 is 9.64 Å². The van der Waals surface area contributed by atoms with Crippen LogP contribution in [0, 0.1) is 49.5 Å². The topological polar surface area (TPSA) is 33.5 Å². The first kappa shape index (κ1) is 34.3. The summed E-state index contributed by atoms with van der Waals surface area (Å²) in [5.41, 5.74) is 6.18. The molecule has 46 heavy (non-hydrogen) atoms. The van der Waals surface area contributed by atoms with Crippen molar-refractivity contribution in [2.75, 3.05) is 11.9 Å². The van der Waals surface area contributed by atoms with Gasteiger partial charge in [0.05, 0.1) is 0 Å². The first-order valence-electron chi connectivity index (χ1n) is 13.8. The Hall–Kier alpha value is -4.61. The Morgan fingerprint density at radius 1 is 0.783 bits per heavy atom. The second-order valence-electron chi connectivity index (χ2n) is 9.73. The van der Waals surface area contributed by atoms with Gasteiger partial charge in [0.15, 0.2) is 0 Å². The Balaban J connectivity index is 0.000000475. The third-order valence-electron chi connectivity index (χ3n) is 6.58. The van der Waals surface area contributed by atoms with Gasteiger partial charge in [-0.1, -0.05) is 36.1 Å². The average molecular weight is 956 g/mol. The maximum absolute atomic E-state index is 6.57. The van der Waals surface area contributed by atoms with E-state index in [1.54, 1.807) is 23.2 Å². The van der Waals surface area contributed by atoms with Crippen LogP contribution in [0.2, 0.25) is 0 Å². The summed E-state index contributed by atoms with van der Waals surface area (Å²) in [4.78, 5) is 8.49. The maximum Gasteiger partial charge on any atom is 4.00 e. The van der Waals surface area contributed by atoms with Gasteiger partial charge < -0.3 is 42.1 Å². The smallest absolute Gasteiger partial charge is 0.669 e. The SMILES string of the molecule is CN1C=CN(c2[c-]c(Oc3[c-]c(-c4[c-]c(-c5[c-]cccc5)ccn4)[c-]cc3)cc(-c3ccccc3)c2)[CH-]1.[C-]#Cn1cccc1.[Pt+4].[Pt]. The van der Waals surface area contributed by atoms with Crippen molar-refractivity contribution in [3.8, 4) is 51.1 Å². The zero-order chi connectivity index (χ0) is 30.1. The van der Waals surface area contributed by atoms with E-state index in [-0.39, 0.29) is 42.1 Å². The largest absolute Gasteiger partial charge is 4.00 e. The predicted octanol–water partition coefficient (Wildman–Crippen LogP) is 8.10. The first-order valence-corrected chi connectivity index (χ1v) is 13.8. The quantitative estimate of drug-likeness (QED) is 0.125. The van der Waals surface area contributed by atoms with E-state index in [2.05, 4.69) is 59.6 Å². The van der Waals surface area contributed by atoms with Gasteiger partial charge in [-0.3, -0.25) is 12.1 Å². The number of aromatic nitrogens is 2. The molecule has 7 heteroatoms. The molecule has 3 heterocycles. The average Bonchev–Trinajstić information content (AvgIpc) is 3.78. The Bertz CT molecular complexity index is 1900. The molecule has 0 atom stereocenters. The number of benzene rings is 4. The second-order valence-corrected chi connectivity index (χ2v) is 9.73. The Morgan fingerprint density at radius 3 is 2.28 bits per heavy atom. The Kier molecular flexibility index (Phi) is 12.4. The molecule has 7 rings (SSSR count). The van der Waals surface area contributed by atoms with Gasteiger partial charge in [-0.05, 0) is 43.3 Å². The number of anilines is 1. The predicted molar refractivity (Wildman–Crippen MR) is 172 cm³/mol. The molecule has 0 bridgehead atoms. The van der Waals surface area contributed by atoms with Crippen molar-refractivity contribution in [2.45, 2.75) is 0 Å². The summed E-state index contributed by atoms with van der Waals surface area (Å²) in [5, 5.41) is 0. The molecular formula is C39H25N4OPt2-3. The molecule has 0 spiro atoms. The molecule has 1 aliphatic rings. The molecule has 0 aliphatic carbocycles. The first-order chi connectivity index (χ1) is 21.6. The molecule has 5 nitrogen and oxygen atoms in total. The summed E-state index contributed by atoms with van der Waals surface area (Å²) in [6, 6.07) is 50.1. The maximum atomic E-state index is 6.57. The summed E-state index contributed by atoms with van der Waals surface area (Å²) < 4.78 is 7.83. The number of hydrogen-bond donors (Lipinski definition) is 0. The zero-order valence-corrected chi connectivity index (χ0v) is 29.1. The molecule has 0 N–H and O–H groups in total. The van der Waals surface area contributed by atoms with Crippen molar-refractivity contribution in [3.05, 3.63) is 171 Å². The van der Waals surface area contributed by atoms with Crippen LogP contribution in [-0.4, -0.2) is 21.5 Å². The van der Waals surface area contributed by atoms with Gasteiger partial charge in [-0.2, -0.15) is 48.8 Å². The second kappa shape index (κ2) is 16.6. The molecule has 230 valence electrons. The van der Waals surface area contributed by atoms with Crippen molar-refractivity contribution < 1.29 is 46.9 Å². The number of hydrogen-bond acceptors (Lipinski definition) is 4. The molecule has 0 saturated carbocycles. The third-order valence-corrected chi connectivity index (χ3v) is 6.58. The fraction of sp³-hybridized carbons (Fsp3) is 0.0256. The Labute approximate surface area is 299 Å². The summed E-state index contributed by atoms with van der Waals surface area (Å²) >= 11 is 0. The minimum Gasteiger partial charge on any atom is -0.669 e. The van der Waals surface area contributed by atoms with Crippen molar-refractivity contribution in [1.29, 1.82) is 0 Å². The molecule has 0 unspecified atom stereocenters. The van der Waals surface area contributed by atoms with E-state index in [1.165, 1.54) is 0 Å². The standard InChI is InChI=1S/C33H21N3O.C6H4N.2Pt/c1-35-17-18-36(24-35)30-19-29(26-11-6-3-7-12-26)21-32(23-30)37-31-14-8-13-28(20-31)33-22-27(15-16-34-33)25-9-4-2-5-10-25;1-2-7-5-3-4-6-7;;/h2-9,11-12,14-19,21,24H,1H3;3-6H;;/q-6;-1;;+4. The van der Waals surface area contributed by atoms with Gasteiger partial charge in [0, 0.05) is 39.2 Å². The van der Waals surface area contributed by atoms with Crippen LogP contribution in [0.3, 0.4) is 0 Å². The van der Waals surface area contributed by atoms with E-state index in [0.29, 0.717) is 22.8 Å². The van der Waals surface area contributed by atoms with Gasteiger partial charge in [0.1, 0.15) is 0 Å². The number of rotatable bonds is 6. The molecule has 0 radical (unpaired) electrons. The van der Waals surface area contributed by atoms with E-state index in [1.807, 2.05) is 115 Å². The van der Waals surface area contributed by atoms with Crippen molar-refractivity contribution in [1.82, 2.24) is 14.5 Å². The molecule has 0 saturated heterocycles. The van der Waals surface area contributed by atoms with E-state index >= 15 is 0 Å². The molecule has 0 fully saturated rings. The normalized spacial score (nSPS) is 11.4. The van der Waals surface area contributed by atoms with Crippen LogP contribution in [0.1, 0.15) is 0 Å². The van der Waals surface area contributed by atoms with E-state index in [0.717, 1.165) is 27.9 Å². The van der Waals surface area contributed by atoms with Gasteiger partial charge >= 0.3 is 21.1 Å². The van der Waals surface area contributed by atoms with Crippen LogP contribution >= 0.6 is 0 Å². The van der Waals surface area contributed by atoms with Gasteiger partial charge in [0.25, 0.3) is 0 Å². The molecule has 0 amide bonds. The summed E-state index contributed by atoms with van der Waals surface area (Å²) in [6.45, 7) is 1.99. The molecule has 4 aromatic carbocycles. The van der Waals surface area contributed by atoms with E-state index in [9.17, 15) is 0 Å². The van der Waals surface area contributed by atoms with Crippen LogP contribution in [0.4, 0.5) is 5.69 Å². The fourth-order valence-corrected chi connectivity index (χ4v) is 4.46. The van der Waals surface area contributed by atoms with Crippen LogP contribution in [0.25, 0.3) is 33.5 Å². The zero-order valence-electron chi connectivity index (χ0n) is 24.5. The number of nitrogens with zero attached hydrogens (tertiary/aromatic N) is 4. The minimum absolute atomic E-state index is 0. The summed E-state index contributed by atoms with van der Waals surface area (Å²) in [7, 11) is 1.99. The third kappa shape index (κ3) is 8.76. The molecule has 1 aliphatic heterocycles. The Morgan fingerprint density at radius 2 is 1.59 bits per heavy atom. The van der Waals surface area contributed by atoms with Gasteiger partial charge in [0.2, 0.25) is 0 Å². The molecule has 6 aromatic rings. The minimum atomic E-state index is 0. The van der Waals surface area contributed by atoms with E-state index in [4.69, 9.17) is 11.2 Å². The van der Waals surface area contributed by atoms with Crippen molar-refractivity contribution >= 4 is 5.69 Å². The van der Waals surface area contributed by atoms with Gasteiger partial charge in [-0.25, -0.2) is 23.2 Å². The summed E-state index contributed by atoms with van der Waals surface area (Å²) in [5.74, 6) is 1.14. The van der Waals surface area contributed by atoms with Crippen LogP contribution in [0.5, 0.6) is 11.5 Å². The number of ether oxygens (including phenoxy) is 1. The van der Waals surface area contributed by atoms with Crippen LogP contribution in [-0.2, 0) is 42.1 Å². The van der Waals surface area contributed by atoms with Gasteiger partial charge in [-0.15, -0.1) is 35.5 Å². The number of pyridine rings is 1. The van der Waals surface area contributed by atoms with Crippen molar-refractivity contribution in [2.24, 2.45) is 0 Å². The fourth-order valence-electron chi connectivity index (χ4n) is 4.46. The summed E-state index contributed by atoms with van der Waals surface area (Å²) in [6.07, 6.45) is 15.8.